The highest BCUT2D eigenvalue weighted by Crippen LogP contribution is 2.57. The standard InChI is InChI=1S/C17H26N2O/c18-11-16(19-1-3-20-4-2-19)10-17-14-6-12-5-13(8-14)9-15(17)7-12/h12-17H,1-10H2. The Morgan fingerprint density at radius 3 is 2.15 bits per heavy atom. The van der Waals surface area contributed by atoms with E-state index in [2.05, 4.69) is 11.0 Å². The van der Waals surface area contributed by atoms with Crippen molar-refractivity contribution >= 4 is 0 Å². The van der Waals surface area contributed by atoms with E-state index >= 15 is 0 Å². The lowest BCUT2D eigenvalue weighted by Gasteiger charge is -2.55. The minimum absolute atomic E-state index is 0.140. The Morgan fingerprint density at radius 2 is 1.60 bits per heavy atom. The van der Waals surface area contributed by atoms with Crippen molar-refractivity contribution in [3.05, 3.63) is 0 Å². The zero-order valence-corrected chi connectivity index (χ0v) is 12.3. The fraction of sp³-hybridized carbons (Fsp3) is 0.941. The van der Waals surface area contributed by atoms with Crippen molar-refractivity contribution in [1.29, 1.82) is 5.26 Å². The van der Waals surface area contributed by atoms with Crippen LogP contribution in [0.5, 0.6) is 0 Å². The normalized spacial score (nSPS) is 45.2. The first-order chi connectivity index (χ1) is 9.83. The van der Waals surface area contributed by atoms with Gasteiger partial charge in [-0.25, -0.2) is 0 Å². The van der Waals surface area contributed by atoms with Crippen molar-refractivity contribution in [1.82, 2.24) is 4.90 Å². The van der Waals surface area contributed by atoms with E-state index in [1.165, 1.54) is 32.1 Å². The third-order valence-electron chi connectivity index (χ3n) is 6.55. The maximum absolute atomic E-state index is 9.60. The smallest absolute Gasteiger partial charge is 0.0982 e. The van der Waals surface area contributed by atoms with Gasteiger partial charge in [0.2, 0.25) is 0 Å². The van der Waals surface area contributed by atoms with E-state index in [0.717, 1.165) is 62.3 Å². The van der Waals surface area contributed by atoms with Crippen LogP contribution in [0.4, 0.5) is 0 Å². The Morgan fingerprint density at radius 1 is 1.00 bits per heavy atom. The van der Waals surface area contributed by atoms with Gasteiger partial charge in [-0.2, -0.15) is 5.26 Å². The van der Waals surface area contributed by atoms with Crippen LogP contribution < -0.4 is 0 Å². The summed E-state index contributed by atoms with van der Waals surface area (Å²) < 4.78 is 5.43. The average Bonchev–Trinajstić information content (AvgIpc) is 2.47. The fourth-order valence-corrected chi connectivity index (χ4v) is 5.85. The SMILES string of the molecule is N#CC(CC1C2CC3CC(C2)CC1C3)N1CCOCC1. The molecule has 1 aliphatic heterocycles. The number of ether oxygens (including phenoxy) is 1. The van der Waals surface area contributed by atoms with Crippen molar-refractivity contribution < 1.29 is 4.74 Å². The molecule has 1 heterocycles. The molecular weight excluding hydrogens is 248 g/mol. The van der Waals surface area contributed by atoms with Gasteiger partial charge in [0.1, 0.15) is 0 Å². The zero-order valence-electron chi connectivity index (χ0n) is 12.3. The van der Waals surface area contributed by atoms with Gasteiger partial charge in [-0.15, -0.1) is 0 Å². The molecule has 3 heteroatoms. The third kappa shape index (κ3) is 2.27. The zero-order chi connectivity index (χ0) is 13.5. The van der Waals surface area contributed by atoms with Gasteiger partial charge in [-0.3, -0.25) is 4.90 Å². The molecule has 0 amide bonds. The van der Waals surface area contributed by atoms with Crippen LogP contribution in [0.15, 0.2) is 0 Å². The van der Waals surface area contributed by atoms with Crippen LogP contribution in [0.3, 0.4) is 0 Å². The van der Waals surface area contributed by atoms with Crippen molar-refractivity contribution in [2.24, 2.45) is 29.6 Å². The van der Waals surface area contributed by atoms with Crippen LogP contribution in [0.2, 0.25) is 0 Å². The first-order valence-corrected chi connectivity index (χ1v) is 8.55. The maximum Gasteiger partial charge on any atom is 0.0982 e. The predicted molar refractivity (Wildman–Crippen MR) is 76.9 cm³/mol. The minimum atomic E-state index is 0.140. The van der Waals surface area contributed by atoms with Crippen molar-refractivity contribution in [3.8, 4) is 6.07 Å². The first-order valence-electron chi connectivity index (χ1n) is 8.55. The molecular formula is C17H26N2O. The van der Waals surface area contributed by atoms with E-state index < -0.39 is 0 Å². The molecule has 110 valence electrons. The molecule has 4 aliphatic carbocycles. The van der Waals surface area contributed by atoms with Gasteiger partial charge in [-0.1, -0.05) is 0 Å². The van der Waals surface area contributed by atoms with Gasteiger partial charge in [0.15, 0.2) is 0 Å². The third-order valence-corrected chi connectivity index (χ3v) is 6.55. The van der Waals surface area contributed by atoms with Crippen LogP contribution >= 0.6 is 0 Å². The first kappa shape index (κ1) is 13.1. The Balaban J connectivity index is 1.43. The highest BCUT2D eigenvalue weighted by atomic mass is 16.5. The Bertz CT molecular complexity index is 368. The van der Waals surface area contributed by atoms with E-state index in [4.69, 9.17) is 4.74 Å². The molecule has 5 aliphatic rings. The second kappa shape index (κ2) is 5.31. The van der Waals surface area contributed by atoms with E-state index in [1.807, 2.05) is 0 Å². The molecule has 1 unspecified atom stereocenters. The van der Waals surface area contributed by atoms with Crippen LogP contribution in [-0.2, 0) is 4.74 Å². The molecule has 0 N–H and O–H groups in total. The Hall–Kier alpha value is -0.590. The van der Waals surface area contributed by atoms with Gasteiger partial charge in [0, 0.05) is 13.1 Å². The lowest BCUT2D eigenvalue weighted by molar-refractivity contribution is -0.0517. The molecule has 0 aromatic rings. The van der Waals surface area contributed by atoms with Crippen LogP contribution in [0.25, 0.3) is 0 Å². The topological polar surface area (TPSA) is 36.3 Å². The Kier molecular flexibility index (Phi) is 3.48. The molecule has 0 aromatic heterocycles. The van der Waals surface area contributed by atoms with E-state index in [-0.39, 0.29) is 6.04 Å². The fourth-order valence-electron chi connectivity index (χ4n) is 5.85. The predicted octanol–water partition coefficient (Wildman–Crippen LogP) is 2.67. The summed E-state index contributed by atoms with van der Waals surface area (Å²) in [6, 6.07) is 2.74. The van der Waals surface area contributed by atoms with Crippen molar-refractivity contribution in [2.45, 2.75) is 44.6 Å². The largest absolute Gasteiger partial charge is 0.379 e. The summed E-state index contributed by atoms with van der Waals surface area (Å²) in [6.45, 7) is 3.51. The number of rotatable bonds is 3. The monoisotopic (exact) mass is 274 g/mol. The number of hydrogen-bond donors (Lipinski definition) is 0. The summed E-state index contributed by atoms with van der Waals surface area (Å²) in [7, 11) is 0. The quantitative estimate of drug-likeness (QED) is 0.794. The number of hydrogen-bond acceptors (Lipinski definition) is 3. The number of nitrogens with zero attached hydrogens (tertiary/aromatic N) is 2. The number of nitriles is 1. The maximum atomic E-state index is 9.60. The number of morpholine rings is 1. The van der Waals surface area contributed by atoms with Crippen LogP contribution in [0.1, 0.15) is 38.5 Å². The second-order valence-corrected chi connectivity index (χ2v) is 7.62. The van der Waals surface area contributed by atoms with E-state index in [0.29, 0.717) is 0 Å². The van der Waals surface area contributed by atoms with E-state index in [9.17, 15) is 5.26 Å². The molecule has 0 spiro atoms. The molecule has 0 radical (unpaired) electrons. The highest BCUT2D eigenvalue weighted by molar-refractivity contribution is 5.02. The summed E-state index contributed by atoms with van der Waals surface area (Å²) in [5.74, 6) is 4.82. The lowest BCUT2D eigenvalue weighted by Crippen LogP contribution is -2.49. The molecule has 5 rings (SSSR count). The van der Waals surface area contributed by atoms with Crippen molar-refractivity contribution in [3.63, 3.8) is 0 Å². The molecule has 20 heavy (non-hydrogen) atoms. The molecule has 4 bridgehead atoms. The van der Waals surface area contributed by atoms with E-state index in [1.54, 1.807) is 0 Å². The minimum Gasteiger partial charge on any atom is -0.379 e. The van der Waals surface area contributed by atoms with Gasteiger partial charge >= 0.3 is 0 Å². The molecule has 1 atom stereocenters. The van der Waals surface area contributed by atoms with Crippen molar-refractivity contribution in [2.75, 3.05) is 26.3 Å². The van der Waals surface area contributed by atoms with Gasteiger partial charge in [0.25, 0.3) is 0 Å². The molecule has 4 saturated carbocycles. The summed E-state index contributed by atoms with van der Waals surface area (Å²) >= 11 is 0. The molecule has 1 saturated heterocycles. The summed E-state index contributed by atoms with van der Waals surface area (Å²) in [6.07, 6.45) is 8.53. The molecule has 5 fully saturated rings. The van der Waals surface area contributed by atoms with Gasteiger partial charge in [-0.05, 0) is 68.1 Å². The second-order valence-electron chi connectivity index (χ2n) is 7.62. The lowest BCUT2D eigenvalue weighted by atomic mass is 9.51. The average molecular weight is 274 g/mol. The summed E-state index contributed by atoms with van der Waals surface area (Å²) in [5.41, 5.74) is 0. The van der Waals surface area contributed by atoms with Crippen LogP contribution in [0, 0.1) is 40.9 Å². The molecule has 3 nitrogen and oxygen atoms in total. The highest BCUT2D eigenvalue weighted by Gasteiger charge is 2.48. The van der Waals surface area contributed by atoms with Gasteiger partial charge < -0.3 is 4.74 Å². The van der Waals surface area contributed by atoms with Gasteiger partial charge in [0.05, 0.1) is 25.3 Å². The summed E-state index contributed by atoms with van der Waals surface area (Å²) in [5, 5.41) is 9.60. The molecule has 0 aromatic carbocycles. The summed E-state index contributed by atoms with van der Waals surface area (Å²) in [4.78, 5) is 2.37. The Labute approximate surface area is 122 Å². The van der Waals surface area contributed by atoms with Crippen LogP contribution in [-0.4, -0.2) is 37.2 Å².